The lowest BCUT2D eigenvalue weighted by atomic mass is 10.1. The SMILES string of the molecule is CNC(C)c1cnc(-c2ccc3cc(OC)ccc3c2)s1. The molecule has 0 amide bonds. The molecule has 3 nitrogen and oxygen atoms in total. The Hall–Kier alpha value is -1.91. The summed E-state index contributed by atoms with van der Waals surface area (Å²) in [6.45, 7) is 2.14. The number of rotatable bonds is 4. The standard InChI is InChI=1S/C17H18N2OS/c1-11(18-2)16-10-19-17(21-16)14-5-4-13-9-15(20-3)7-6-12(13)8-14/h4-11,18H,1-3H3. The van der Waals surface area contributed by atoms with E-state index in [1.54, 1.807) is 18.4 Å². The van der Waals surface area contributed by atoms with Crippen LogP contribution in [0.15, 0.2) is 42.6 Å². The third-order valence-electron chi connectivity index (χ3n) is 3.68. The van der Waals surface area contributed by atoms with Crippen LogP contribution in [-0.2, 0) is 0 Å². The number of hydrogen-bond acceptors (Lipinski definition) is 4. The fourth-order valence-electron chi connectivity index (χ4n) is 2.25. The van der Waals surface area contributed by atoms with Crippen LogP contribution in [-0.4, -0.2) is 19.1 Å². The van der Waals surface area contributed by atoms with E-state index >= 15 is 0 Å². The van der Waals surface area contributed by atoms with Gasteiger partial charge in [-0.2, -0.15) is 0 Å². The molecular formula is C17H18N2OS. The Morgan fingerprint density at radius 3 is 2.67 bits per heavy atom. The van der Waals surface area contributed by atoms with Gasteiger partial charge in [0.05, 0.1) is 7.11 Å². The number of nitrogens with zero attached hydrogens (tertiary/aromatic N) is 1. The molecule has 4 heteroatoms. The molecule has 1 unspecified atom stereocenters. The maximum atomic E-state index is 5.26. The largest absolute Gasteiger partial charge is 0.497 e. The summed E-state index contributed by atoms with van der Waals surface area (Å²) in [5, 5.41) is 6.68. The summed E-state index contributed by atoms with van der Waals surface area (Å²) >= 11 is 1.74. The van der Waals surface area contributed by atoms with Crippen molar-refractivity contribution >= 4 is 22.1 Å². The first-order chi connectivity index (χ1) is 10.2. The van der Waals surface area contributed by atoms with Gasteiger partial charge in [0, 0.05) is 22.7 Å². The zero-order chi connectivity index (χ0) is 14.8. The van der Waals surface area contributed by atoms with Gasteiger partial charge in [0.2, 0.25) is 0 Å². The smallest absolute Gasteiger partial charge is 0.123 e. The Balaban J connectivity index is 1.99. The van der Waals surface area contributed by atoms with Crippen molar-refractivity contribution in [3.05, 3.63) is 47.5 Å². The lowest BCUT2D eigenvalue weighted by Crippen LogP contribution is -2.10. The fourth-order valence-corrected chi connectivity index (χ4v) is 3.22. The highest BCUT2D eigenvalue weighted by atomic mass is 32.1. The molecule has 1 heterocycles. The van der Waals surface area contributed by atoms with E-state index in [1.807, 2.05) is 19.3 Å². The van der Waals surface area contributed by atoms with Crippen LogP contribution in [0.1, 0.15) is 17.8 Å². The first-order valence-corrected chi connectivity index (χ1v) is 7.74. The molecule has 2 aromatic carbocycles. The summed E-state index contributed by atoms with van der Waals surface area (Å²) in [6, 6.07) is 12.9. The Kier molecular flexibility index (Phi) is 3.90. The Bertz CT molecular complexity index is 766. The molecule has 0 aliphatic heterocycles. The molecule has 1 aromatic heterocycles. The van der Waals surface area contributed by atoms with Crippen molar-refractivity contribution < 1.29 is 4.74 Å². The van der Waals surface area contributed by atoms with E-state index in [9.17, 15) is 0 Å². The van der Waals surface area contributed by atoms with Gasteiger partial charge in [-0.3, -0.25) is 0 Å². The van der Waals surface area contributed by atoms with Gasteiger partial charge in [-0.15, -0.1) is 11.3 Å². The summed E-state index contributed by atoms with van der Waals surface area (Å²) < 4.78 is 5.26. The molecule has 21 heavy (non-hydrogen) atoms. The van der Waals surface area contributed by atoms with Gasteiger partial charge >= 0.3 is 0 Å². The topological polar surface area (TPSA) is 34.2 Å². The average molecular weight is 298 g/mol. The van der Waals surface area contributed by atoms with Crippen LogP contribution in [0.4, 0.5) is 0 Å². The Labute approximate surface area is 128 Å². The molecule has 0 bridgehead atoms. The highest BCUT2D eigenvalue weighted by molar-refractivity contribution is 7.15. The minimum absolute atomic E-state index is 0.334. The average Bonchev–Trinajstić information content (AvgIpc) is 3.03. The van der Waals surface area contributed by atoms with Crippen molar-refractivity contribution in [3.63, 3.8) is 0 Å². The van der Waals surface area contributed by atoms with Gasteiger partial charge in [0.1, 0.15) is 10.8 Å². The minimum Gasteiger partial charge on any atom is -0.497 e. The number of ether oxygens (including phenoxy) is 1. The van der Waals surface area contributed by atoms with Crippen LogP contribution in [0, 0.1) is 0 Å². The summed E-state index contributed by atoms with van der Waals surface area (Å²) in [5.41, 5.74) is 1.16. The van der Waals surface area contributed by atoms with Crippen LogP contribution in [0.5, 0.6) is 5.75 Å². The Morgan fingerprint density at radius 1 is 1.14 bits per heavy atom. The van der Waals surface area contributed by atoms with Crippen LogP contribution < -0.4 is 10.1 Å². The van der Waals surface area contributed by atoms with Crippen molar-refractivity contribution in [3.8, 4) is 16.3 Å². The number of fused-ring (bicyclic) bond motifs is 1. The molecular weight excluding hydrogens is 280 g/mol. The predicted molar refractivity (Wildman–Crippen MR) is 89.1 cm³/mol. The number of hydrogen-bond donors (Lipinski definition) is 1. The van der Waals surface area contributed by atoms with E-state index in [1.165, 1.54) is 15.6 Å². The quantitative estimate of drug-likeness (QED) is 0.782. The molecule has 0 radical (unpaired) electrons. The van der Waals surface area contributed by atoms with E-state index in [4.69, 9.17) is 4.74 Å². The highest BCUT2D eigenvalue weighted by Crippen LogP contribution is 2.31. The van der Waals surface area contributed by atoms with E-state index in [2.05, 4.69) is 47.6 Å². The van der Waals surface area contributed by atoms with E-state index in [0.717, 1.165) is 16.3 Å². The van der Waals surface area contributed by atoms with Crippen molar-refractivity contribution in [1.82, 2.24) is 10.3 Å². The normalized spacial score (nSPS) is 12.5. The van der Waals surface area contributed by atoms with Crippen molar-refractivity contribution in [1.29, 1.82) is 0 Å². The lowest BCUT2D eigenvalue weighted by molar-refractivity contribution is 0.415. The van der Waals surface area contributed by atoms with Crippen LogP contribution >= 0.6 is 11.3 Å². The molecule has 1 atom stereocenters. The number of benzene rings is 2. The molecule has 0 aliphatic rings. The molecule has 0 spiro atoms. The number of nitrogens with one attached hydrogen (secondary N) is 1. The Morgan fingerprint density at radius 2 is 1.90 bits per heavy atom. The van der Waals surface area contributed by atoms with E-state index in [-0.39, 0.29) is 0 Å². The molecule has 0 fully saturated rings. The van der Waals surface area contributed by atoms with Crippen LogP contribution in [0.3, 0.4) is 0 Å². The maximum absolute atomic E-state index is 5.26. The summed E-state index contributed by atoms with van der Waals surface area (Å²) in [7, 11) is 3.66. The van der Waals surface area contributed by atoms with Crippen LogP contribution in [0.2, 0.25) is 0 Å². The first kappa shape index (κ1) is 14.0. The number of thiazole rings is 1. The third kappa shape index (κ3) is 2.77. The number of aromatic nitrogens is 1. The van der Waals surface area contributed by atoms with Crippen molar-refractivity contribution in [2.24, 2.45) is 0 Å². The zero-order valence-corrected chi connectivity index (χ0v) is 13.2. The minimum atomic E-state index is 0.334. The first-order valence-electron chi connectivity index (χ1n) is 6.92. The molecule has 1 N–H and O–H groups in total. The van der Waals surface area contributed by atoms with Crippen molar-refractivity contribution in [2.75, 3.05) is 14.2 Å². The van der Waals surface area contributed by atoms with Gasteiger partial charge in [-0.25, -0.2) is 4.98 Å². The summed E-state index contributed by atoms with van der Waals surface area (Å²) in [4.78, 5) is 5.80. The molecule has 0 saturated heterocycles. The maximum Gasteiger partial charge on any atom is 0.123 e. The molecule has 3 aromatic rings. The molecule has 0 aliphatic carbocycles. The van der Waals surface area contributed by atoms with Gasteiger partial charge < -0.3 is 10.1 Å². The summed E-state index contributed by atoms with van der Waals surface area (Å²) in [6.07, 6.45) is 1.96. The van der Waals surface area contributed by atoms with Gasteiger partial charge in [0.15, 0.2) is 0 Å². The zero-order valence-electron chi connectivity index (χ0n) is 12.4. The highest BCUT2D eigenvalue weighted by Gasteiger charge is 2.10. The summed E-state index contributed by atoms with van der Waals surface area (Å²) in [5.74, 6) is 0.884. The monoisotopic (exact) mass is 298 g/mol. The van der Waals surface area contributed by atoms with Gasteiger partial charge in [0.25, 0.3) is 0 Å². The second-order valence-electron chi connectivity index (χ2n) is 5.01. The number of methoxy groups -OCH3 is 1. The lowest BCUT2D eigenvalue weighted by Gasteiger charge is -2.05. The third-order valence-corrected chi connectivity index (χ3v) is 4.91. The van der Waals surface area contributed by atoms with E-state index in [0.29, 0.717) is 6.04 Å². The van der Waals surface area contributed by atoms with Crippen LogP contribution in [0.25, 0.3) is 21.3 Å². The second-order valence-corrected chi connectivity index (χ2v) is 6.07. The second kappa shape index (κ2) is 5.84. The molecule has 3 rings (SSSR count). The fraction of sp³-hybridized carbons (Fsp3) is 0.235. The molecule has 0 saturated carbocycles. The van der Waals surface area contributed by atoms with Gasteiger partial charge in [-0.05, 0) is 42.9 Å². The van der Waals surface area contributed by atoms with E-state index < -0.39 is 0 Å². The van der Waals surface area contributed by atoms with Gasteiger partial charge in [-0.1, -0.05) is 18.2 Å². The van der Waals surface area contributed by atoms with Crippen molar-refractivity contribution in [2.45, 2.75) is 13.0 Å². The predicted octanol–water partition coefficient (Wildman–Crippen LogP) is 4.25. The molecule has 108 valence electrons.